The van der Waals surface area contributed by atoms with Crippen molar-refractivity contribution in [3.05, 3.63) is 11.7 Å². The molecule has 23 heavy (non-hydrogen) atoms. The number of ether oxygens (including phenoxy) is 2. The fourth-order valence-electron chi connectivity index (χ4n) is 3.96. The second-order valence-electron chi connectivity index (χ2n) is 6.80. The van der Waals surface area contributed by atoms with Crippen LogP contribution < -0.4 is 0 Å². The molecule has 3 aliphatic rings. The molecule has 3 aliphatic heterocycles. The highest BCUT2D eigenvalue weighted by molar-refractivity contribution is 5.79. The molecule has 0 N–H and O–H groups in total. The molecule has 3 fully saturated rings. The van der Waals surface area contributed by atoms with Crippen molar-refractivity contribution >= 4 is 5.91 Å². The first-order valence-corrected chi connectivity index (χ1v) is 8.53. The Morgan fingerprint density at radius 1 is 1.26 bits per heavy atom. The zero-order chi connectivity index (χ0) is 15.8. The molecule has 0 unspecified atom stereocenters. The lowest BCUT2D eigenvalue weighted by Crippen LogP contribution is -2.47. The van der Waals surface area contributed by atoms with Crippen molar-refractivity contribution in [2.45, 2.75) is 44.8 Å². The fraction of sp³-hybridized carbons (Fsp3) is 0.812. The van der Waals surface area contributed by atoms with Crippen LogP contribution in [0.3, 0.4) is 0 Å². The lowest BCUT2D eigenvalue weighted by atomic mass is 9.90. The zero-order valence-corrected chi connectivity index (χ0v) is 13.4. The highest BCUT2D eigenvalue weighted by atomic mass is 16.5. The summed E-state index contributed by atoms with van der Waals surface area (Å²) in [6, 6.07) is 0. The van der Waals surface area contributed by atoms with E-state index in [1.807, 2.05) is 11.8 Å². The molecule has 0 saturated carbocycles. The van der Waals surface area contributed by atoms with Crippen molar-refractivity contribution in [1.29, 1.82) is 0 Å². The van der Waals surface area contributed by atoms with Gasteiger partial charge in [0.1, 0.15) is 6.10 Å². The largest absolute Gasteiger partial charge is 0.381 e. The second kappa shape index (κ2) is 6.20. The van der Waals surface area contributed by atoms with E-state index in [2.05, 4.69) is 10.1 Å². The molecule has 1 aromatic heterocycles. The van der Waals surface area contributed by atoms with Gasteiger partial charge < -0.3 is 18.9 Å². The molecule has 4 heterocycles. The normalized spacial score (nSPS) is 32.0. The van der Waals surface area contributed by atoms with E-state index in [0.29, 0.717) is 36.8 Å². The SMILES string of the molecule is Cc1noc([C@@H]2C[C@@H]3CN(C(=O)C4CCOCC4)CC[C@H]3O2)n1. The average molecular weight is 321 g/mol. The number of hydrogen-bond acceptors (Lipinski definition) is 6. The maximum Gasteiger partial charge on any atom is 0.255 e. The van der Waals surface area contributed by atoms with E-state index >= 15 is 0 Å². The van der Waals surface area contributed by atoms with Crippen molar-refractivity contribution in [2.75, 3.05) is 26.3 Å². The average Bonchev–Trinajstić information content (AvgIpc) is 3.20. The first-order valence-electron chi connectivity index (χ1n) is 8.53. The Hall–Kier alpha value is -1.47. The summed E-state index contributed by atoms with van der Waals surface area (Å²) in [6.07, 6.45) is 3.52. The van der Waals surface area contributed by atoms with Crippen LogP contribution in [0.2, 0.25) is 0 Å². The molecular weight excluding hydrogens is 298 g/mol. The number of rotatable bonds is 2. The van der Waals surface area contributed by atoms with Crippen LogP contribution in [0.5, 0.6) is 0 Å². The smallest absolute Gasteiger partial charge is 0.255 e. The number of aromatic nitrogens is 2. The number of aryl methyl sites for hydroxylation is 1. The third-order valence-corrected chi connectivity index (χ3v) is 5.22. The van der Waals surface area contributed by atoms with E-state index in [1.54, 1.807) is 0 Å². The van der Waals surface area contributed by atoms with Crippen LogP contribution in [0.4, 0.5) is 0 Å². The monoisotopic (exact) mass is 321 g/mol. The lowest BCUT2D eigenvalue weighted by Gasteiger charge is -2.36. The fourth-order valence-corrected chi connectivity index (χ4v) is 3.96. The number of carbonyl (C=O) groups is 1. The van der Waals surface area contributed by atoms with E-state index in [1.165, 1.54) is 0 Å². The van der Waals surface area contributed by atoms with Crippen LogP contribution in [0.15, 0.2) is 4.52 Å². The van der Waals surface area contributed by atoms with Gasteiger partial charge in [0.2, 0.25) is 5.91 Å². The Bertz CT molecular complexity index is 569. The summed E-state index contributed by atoms with van der Waals surface area (Å²) >= 11 is 0. The molecular formula is C16H23N3O4. The summed E-state index contributed by atoms with van der Waals surface area (Å²) in [5, 5.41) is 3.84. The molecule has 3 saturated heterocycles. The van der Waals surface area contributed by atoms with Gasteiger partial charge in [0.15, 0.2) is 5.82 Å². The molecule has 4 rings (SSSR count). The van der Waals surface area contributed by atoms with E-state index in [0.717, 1.165) is 38.8 Å². The van der Waals surface area contributed by atoms with Crippen molar-refractivity contribution in [1.82, 2.24) is 15.0 Å². The van der Waals surface area contributed by atoms with E-state index in [9.17, 15) is 4.79 Å². The number of piperidine rings is 1. The standard InChI is InChI=1S/C16H23N3O4/c1-10-17-15(23-18-10)14-8-12-9-19(5-2-13(12)22-14)16(20)11-3-6-21-7-4-11/h11-14H,2-9H2,1H3/t12-,13-,14+/m1/s1. The van der Waals surface area contributed by atoms with Crippen LogP contribution in [0.1, 0.15) is 43.5 Å². The molecule has 1 amide bonds. The molecule has 0 aliphatic carbocycles. The van der Waals surface area contributed by atoms with Crippen LogP contribution in [0, 0.1) is 18.8 Å². The van der Waals surface area contributed by atoms with Crippen molar-refractivity contribution in [3.63, 3.8) is 0 Å². The molecule has 0 bridgehead atoms. The van der Waals surface area contributed by atoms with Gasteiger partial charge in [-0.25, -0.2) is 0 Å². The van der Waals surface area contributed by atoms with Crippen LogP contribution in [0.25, 0.3) is 0 Å². The highest BCUT2D eigenvalue weighted by Crippen LogP contribution is 2.40. The number of amides is 1. The Labute approximate surface area is 135 Å². The Kier molecular flexibility index (Phi) is 4.07. The molecule has 7 nitrogen and oxygen atoms in total. The first-order chi connectivity index (χ1) is 11.2. The molecule has 7 heteroatoms. The highest BCUT2D eigenvalue weighted by Gasteiger charge is 2.43. The topological polar surface area (TPSA) is 77.7 Å². The number of hydrogen-bond donors (Lipinski definition) is 0. The maximum atomic E-state index is 12.7. The third-order valence-electron chi connectivity index (χ3n) is 5.22. The Morgan fingerprint density at radius 3 is 2.83 bits per heavy atom. The van der Waals surface area contributed by atoms with E-state index in [4.69, 9.17) is 14.0 Å². The van der Waals surface area contributed by atoms with Gasteiger partial charge in [-0.1, -0.05) is 5.16 Å². The molecule has 1 aromatic rings. The van der Waals surface area contributed by atoms with Crippen LogP contribution in [-0.4, -0.2) is 53.4 Å². The maximum absolute atomic E-state index is 12.7. The van der Waals surface area contributed by atoms with Gasteiger partial charge in [-0.05, 0) is 32.6 Å². The number of fused-ring (bicyclic) bond motifs is 1. The number of nitrogens with zero attached hydrogens (tertiary/aromatic N) is 3. The van der Waals surface area contributed by atoms with Gasteiger partial charge in [0, 0.05) is 38.1 Å². The number of carbonyl (C=O) groups excluding carboxylic acids is 1. The minimum Gasteiger partial charge on any atom is -0.381 e. The molecule has 0 aromatic carbocycles. The van der Waals surface area contributed by atoms with Crippen molar-refractivity contribution in [2.24, 2.45) is 11.8 Å². The quantitative estimate of drug-likeness (QED) is 0.821. The van der Waals surface area contributed by atoms with E-state index < -0.39 is 0 Å². The summed E-state index contributed by atoms with van der Waals surface area (Å²) in [4.78, 5) is 19.0. The van der Waals surface area contributed by atoms with Gasteiger partial charge in [-0.2, -0.15) is 4.98 Å². The van der Waals surface area contributed by atoms with Gasteiger partial charge in [-0.15, -0.1) is 0 Å². The molecule has 0 spiro atoms. The Morgan fingerprint density at radius 2 is 2.09 bits per heavy atom. The zero-order valence-electron chi connectivity index (χ0n) is 13.4. The lowest BCUT2D eigenvalue weighted by molar-refractivity contribution is -0.141. The summed E-state index contributed by atoms with van der Waals surface area (Å²) in [7, 11) is 0. The summed E-state index contributed by atoms with van der Waals surface area (Å²) in [6.45, 7) is 4.79. The summed E-state index contributed by atoms with van der Waals surface area (Å²) < 4.78 is 16.7. The molecule has 3 atom stereocenters. The van der Waals surface area contributed by atoms with Crippen molar-refractivity contribution in [3.8, 4) is 0 Å². The third kappa shape index (κ3) is 2.99. The van der Waals surface area contributed by atoms with Crippen LogP contribution in [-0.2, 0) is 14.3 Å². The molecule has 126 valence electrons. The van der Waals surface area contributed by atoms with Gasteiger partial charge in [0.25, 0.3) is 5.89 Å². The van der Waals surface area contributed by atoms with Crippen molar-refractivity contribution < 1.29 is 18.8 Å². The second-order valence-corrected chi connectivity index (χ2v) is 6.80. The van der Waals surface area contributed by atoms with Gasteiger partial charge in [-0.3, -0.25) is 4.79 Å². The Balaban J connectivity index is 1.38. The molecule has 0 radical (unpaired) electrons. The summed E-state index contributed by atoms with van der Waals surface area (Å²) in [5.41, 5.74) is 0. The predicted octanol–water partition coefficient (Wildman–Crippen LogP) is 1.48. The van der Waals surface area contributed by atoms with Gasteiger partial charge >= 0.3 is 0 Å². The predicted molar refractivity (Wildman–Crippen MR) is 79.5 cm³/mol. The minimum absolute atomic E-state index is 0.121. The summed E-state index contributed by atoms with van der Waals surface area (Å²) in [5.74, 6) is 2.00. The van der Waals surface area contributed by atoms with Crippen LogP contribution >= 0.6 is 0 Å². The minimum atomic E-state index is -0.121. The van der Waals surface area contributed by atoms with E-state index in [-0.39, 0.29) is 18.1 Å². The first kappa shape index (κ1) is 15.1. The number of likely N-dealkylation sites (tertiary alicyclic amines) is 1. The van der Waals surface area contributed by atoms with Gasteiger partial charge in [0.05, 0.1) is 6.10 Å².